The van der Waals surface area contributed by atoms with Crippen LogP contribution in [0.4, 0.5) is 0 Å². The number of hydrogen-bond acceptors (Lipinski definition) is 5. The fourth-order valence-corrected chi connectivity index (χ4v) is 4.70. The van der Waals surface area contributed by atoms with Gasteiger partial charge in [-0.05, 0) is 58.1 Å². The van der Waals surface area contributed by atoms with Crippen LogP contribution in [-0.4, -0.2) is 63.3 Å². The number of likely N-dealkylation sites (tertiary alicyclic amines) is 1. The van der Waals surface area contributed by atoms with Crippen molar-refractivity contribution in [3.05, 3.63) is 51.4 Å². The van der Waals surface area contributed by atoms with E-state index in [1.165, 1.54) is 0 Å². The number of carbonyl (C=O) groups is 1. The number of hydrogen-bond donors (Lipinski definition) is 1. The van der Waals surface area contributed by atoms with Crippen LogP contribution in [0.2, 0.25) is 10.0 Å². The number of rotatable bonds is 4. The van der Waals surface area contributed by atoms with Crippen molar-refractivity contribution in [2.75, 3.05) is 27.2 Å². The van der Waals surface area contributed by atoms with Crippen molar-refractivity contribution in [1.82, 2.24) is 24.2 Å². The molecule has 7 nitrogen and oxygen atoms in total. The van der Waals surface area contributed by atoms with Gasteiger partial charge in [-0.1, -0.05) is 23.2 Å². The summed E-state index contributed by atoms with van der Waals surface area (Å²) in [5.41, 5.74) is 9.56. The number of amides is 1. The molecule has 164 valence electrons. The highest BCUT2D eigenvalue weighted by Gasteiger charge is 2.27. The molecule has 3 aromatic rings. The largest absolute Gasteiger partial charge is 0.337 e. The van der Waals surface area contributed by atoms with Gasteiger partial charge < -0.3 is 15.5 Å². The lowest BCUT2D eigenvalue weighted by atomic mass is 10.0. The van der Waals surface area contributed by atoms with Crippen molar-refractivity contribution in [1.29, 1.82) is 0 Å². The van der Waals surface area contributed by atoms with Crippen molar-refractivity contribution >= 4 is 34.9 Å². The normalized spacial score (nSPS) is 15.5. The molecule has 1 aliphatic heterocycles. The Hall–Kier alpha value is -2.19. The monoisotopic (exact) mass is 460 g/mol. The molecule has 2 N–H and O–H groups in total. The predicted octanol–water partition coefficient (Wildman–Crippen LogP) is 3.64. The summed E-state index contributed by atoms with van der Waals surface area (Å²) in [5, 5.41) is 1.05. The van der Waals surface area contributed by atoms with E-state index in [4.69, 9.17) is 28.9 Å². The topological polar surface area (TPSA) is 79.8 Å². The summed E-state index contributed by atoms with van der Waals surface area (Å²) < 4.78 is 1.81. The number of halogens is 2. The number of fused-ring (bicyclic) bond motifs is 1. The standard InChI is InChI=1S/C22H26Cl2N6O/c1-13-17(11-25)20(16-5-4-14(23)10-18(16)24)30-12-19(27-22(30)26-13)21(31)29(3)15-6-8-28(2)9-7-15/h4-5,10,12,15H,6-9,11,25H2,1-3H3. The summed E-state index contributed by atoms with van der Waals surface area (Å²) in [6, 6.07) is 5.52. The highest BCUT2D eigenvalue weighted by molar-refractivity contribution is 6.36. The Kier molecular flexibility index (Phi) is 6.21. The first-order chi connectivity index (χ1) is 14.8. The zero-order valence-corrected chi connectivity index (χ0v) is 19.4. The molecule has 0 bridgehead atoms. The summed E-state index contributed by atoms with van der Waals surface area (Å²) >= 11 is 12.6. The summed E-state index contributed by atoms with van der Waals surface area (Å²) in [5.74, 6) is 0.330. The smallest absolute Gasteiger partial charge is 0.274 e. The van der Waals surface area contributed by atoms with Crippen LogP contribution in [0.15, 0.2) is 24.4 Å². The maximum absolute atomic E-state index is 13.2. The first-order valence-electron chi connectivity index (χ1n) is 10.3. The molecule has 0 spiro atoms. The molecule has 0 atom stereocenters. The van der Waals surface area contributed by atoms with Gasteiger partial charge in [-0.2, -0.15) is 0 Å². The van der Waals surface area contributed by atoms with Crippen LogP contribution in [0.1, 0.15) is 34.6 Å². The molecule has 4 rings (SSSR count). The number of carbonyl (C=O) groups excluding carboxylic acids is 1. The van der Waals surface area contributed by atoms with E-state index in [2.05, 4.69) is 21.9 Å². The maximum atomic E-state index is 13.2. The average molecular weight is 461 g/mol. The third-order valence-corrected chi connectivity index (χ3v) is 6.63. The predicted molar refractivity (Wildman–Crippen MR) is 124 cm³/mol. The fourth-order valence-electron chi connectivity index (χ4n) is 4.20. The second-order valence-corrected chi connectivity index (χ2v) is 8.94. The lowest BCUT2D eigenvalue weighted by Gasteiger charge is -2.34. The second-order valence-electron chi connectivity index (χ2n) is 8.10. The van der Waals surface area contributed by atoms with Gasteiger partial charge in [0.2, 0.25) is 5.78 Å². The molecular weight excluding hydrogens is 435 g/mol. The Morgan fingerprint density at radius 1 is 1.26 bits per heavy atom. The van der Waals surface area contributed by atoms with E-state index in [0.29, 0.717) is 21.5 Å². The van der Waals surface area contributed by atoms with E-state index in [9.17, 15) is 4.79 Å². The summed E-state index contributed by atoms with van der Waals surface area (Å²) in [7, 11) is 3.95. The van der Waals surface area contributed by atoms with Crippen molar-refractivity contribution in [3.8, 4) is 11.3 Å². The quantitative estimate of drug-likeness (QED) is 0.642. The SMILES string of the molecule is Cc1nc2nc(C(=O)N(C)C3CCN(C)CC3)cn2c(-c2ccc(Cl)cc2Cl)c1CN. The molecule has 1 aliphatic rings. The summed E-state index contributed by atoms with van der Waals surface area (Å²) in [4.78, 5) is 26.5. The molecule has 0 aliphatic carbocycles. The van der Waals surface area contributed by atoms with E-state index in [1.54, 1.807) is 27.6 Å². The van der Waals surface area contributed by atoms with Crippen molar-refractivity contribution < 1.29 is 4.79 Å². The van der Waals surface area contributed by atoms with Crippen LogP contribution in [-0.2, 0) is 6.54 Å². The van der Waals surface area contributed by atoms with Gasteiger partial charge in [0.1, 0.15) is 5.69 Å². The zero-order valence-electron chi connectivity index (χ0n) is 17.9. The molecule has 1 fully saturated rings. The Balaban J connectivity index is 1.79. The number of aromatic nitrogens is 3. The molecule has 0 saturated carbocycles. The minimum atomic E-state index is -0.111. The summed E-state index contributed by atoms with van der Waals surface area (Å²) in [6.07, 6.45) is 3.63. The molecule has 9 heteroatoms. The lowest BCUT2D eigenvalue weighted by Crippen LogP contribution is -2.44. The van der Waals surface area contributed by atoms with Crippen LogP contribution < -0.4 is 5.73 Å². The van der Waals surface area contributed by atoms with Gasteiger partial charge in [0.05, 0.1) is 10.7 Å². The number of aryl methyl sites for hydroxylation is 1. The number of piperidine rings is 1. The van der Waals surface area contributed by atoms with E-state index in [0.717, 1.165) is 48.4 Å². The fraction of sp³-hybridized carbons (Fsp3) is 0.409. The minimum Gasteiger partial charge on any atom is -0.337 e. The first-order valence-corrected chi connectivity index (χ1v) is 11.1. The van der Waals surface area contributed by atoms with Crippen LogP contribution in [0, 0.1) is 6.92 Å². The Labute approximate surface area is 191 Å². The van der Waals surface area contributed by atoms with Crippen molar-refractivity contribution in [2.24, 2.45) is 5.73 Å². The van der Waals surface area contributed by atoms with Crippen LogP contribution in [0.3, 0.4) is 0 Å². The van der Waals surface area contributed by atoms with Crippen LogP contribution in [0.5, 0.6) is 0 Å². The zero-order chi connectivity index (χ0) is 22.3. The van der Waals surface area contributed by atoms with Gasteiger partial charge in [-0.3, -0.25) is 9.20 Å². The Morgan fingerprint density at radius 2 is 1.97 bits per heavy atom. The average Bonchev–Trinajstić information content (AvgIpc) is 3.16. The molecule has 1 saturated heterocycles. The Morgan fingerprint density at radius 3 is 2.61 bits per heavy atom. The molecule has 3 heterocycles. The highest BCUT2D eigenvalue weighted by atomic mass is 35.5. The molecule has 0 unspecified atom stereocenters. The molecule has 0 radical (unpaired) electrons. The van der Waals surface area contributed by atoms with Gasteiger partial charge in [0, 0.05) is 47.7 Å². The summed E-state index contributed by atoms with van der Waals surface area (Å²) in [6.45, 7) is 4.12. The minimum absolute atomic E-state index is 0.111. The van der Waals surface area contributed by atoms with E-state index in [1.807, 2.05) is 20.0 Å². The second kappa shape index (κ2) is 8.74. The third kappa shape index (κ3) is 4.15. The number of imidazole rings is 1. The van der Waals surface area contributed by atoms with Gasteiger partial charge >= 0.3 is 0 Å². The lowest BCUT2D eigenvalue weighted by molar-refractivity contribution is 0.0654. The van der Waals surface area contributed by atoms with Gasteiger partial charge in [-0.25, -0.2) is 9.97 Å². The first kappa shape index (κ1) is 22.0. The van der Waals surface area contributed by atoms with Crippen molar-refractivity contribution in [2.45, 2.75) is 32.4 Å². The molecular formula is C22H26Cl2N6O. The molecule has 1 aromatic carbocycles. The number of nitrogens with two attached hydrogens (primary N) is 1. The van der Waals surface area contributed by atoms with Gasteiger partial charge in [-0.15, -0.1) is 0 Å². The third-order valence-electron chi connectivity index (χ3n) is 6.08. The Bertz CT molecular complexity index is 1140. The van der Waals surface area contributed by atoms with E-state index >= 15 is 0 Å². The highest BCUT2D eigenvalue weighted by Crippen LogP contribution is 2.34. The maximum Gasteiger partial charge on any atom is 0.274 e. The van der Waals surface area contributed by atoms with Crippen LogP contribution in [0.25, 0.3) is 17.0 Å². The van der Waals surface area contributed by atoms with Crippen LogP contribution >= 0.6 is 23.2 Å². The van der Waals surface area contributed by atoms with E-state index in [-0.39, 0.29) is 18.5 Å². The molecule has 31 heavy (non-hydrogen) atoms. The molecule has 1 amide bonds. The number of benzene rings is 1. The number of nitrogens with zero attached hydrogens (tertiary/aromatic N) is 5. The molecule has 2 aromatic heterocycles. The van der Waals surface area contributed by atoms with E-state index < -0.39 is 0 Å². The van der Waals surface area contributed by atoms with Gasteiger partial charge in [0.25, 0.3) is 5.91 Å². The van der Waals surface area contributed by atoms with Crippen molar-refractivity contribution in [3.63, 3.8) is 0 Å². The van der Waals surface area contributed by atoms with Gasteiger partial charge in [0.15, 0.2) is 0 Å².